The van der Waals surface area contributed by atoms with E-state index in [0.717, 1.165) is 33.0 Å². The van der Waals surface area contributed by atoms with Gasteiger partial charge in [0.05, 0.1) is 29.7 Å². The lowest BCUT2D eigenvalue weighted by Crippen LogP contribution is -2.42. The normalized spacial score (nSPS) is 28.2. The largest absolute Gasteiger partial charge is 0.493 e. The average molecular weight is 625 g/mol. The molecule has 3 fully saturated rings. The highest BCUT2D eigenvalue weighted by Crippen LogP contribution is 2.68. The molecule has 2 aliphatic carbocycles. The van der Waals surface area contributed by atoms with Gasteiger partial charge in [0, 0.05) is 16.0 Å². The molecule has 4 aromatic rings. The third-order valence-corrected chi connectivity index (χ3v) is 12.6. The zero-order chi connectivity index (χ0) is 30.3. The molecule has 0 radical (unpaired) electrons. The van der Waals surface area contributed by atoms with Crippen molar-refractivity contribution in [1.29, 1.82) is 0 Å². The number of methoxy groups -OCH3 is 1. The zero-order valence-electron chi connectivity index (χ0n) is 24.6. The number of thiazole rings is 1. The molecule has 0 spiro atoms. The summed E-state index contributed by atoms with van der Waals surface area (Å²) in [5.74, 6) is 0.621. The molecule has 44 heavy (non-hydrogen) atoms. The molecule has 0 unspecified atom stereocenters. The topological polar surface area (TPSA) is 88.7 Å². The number of H-pyrrole nitrogens is 1. The second kappa shape index (κ2) is 10.4. The van der Waals surface area contributed by atoms with E-state index in [4.69, 9.17) is 9.47 Å². The van der Waals surface area contributed by atoms with Crippen molar-refractivity contribution in [2.24, 2.45) is 29.6 Å². The van der Waals surface area contributed by atoms with Gasteiger partial charge in [-0.2, -0.15) is 0 Å². The zero-order valence-corrected chi connectivity index (χ0v) is 26.2. The monoisotopic (exact) mass is 624 g/mol. The third kappa shape index (κ3) is 4.19. The number of carbonyl (C=O) groups excluding carboxylic acids is 2. The second-order valence-electron chi connectivity index (χ2n) is 12.5. The molecular weight excluding hydrogens is 593 g/mol. The molecule has 4 aliphatic rings. The van der Waals surface area contributed by atoms with Crippen LogP contribution in [0.2, 0.25) is 0 Å². The predicted molar refractivity (Wildman–Crippen MR) is 171 cm³/mol. The average Bonchev–Trinajstić information content (AvgIpc) is 3.75. The van der Waals surface area contributed by atoms with Gasteiger partial charge in [-0.25, -0.2) is 0 Å². The van der Waals surface area contributed by atoms with Gasteiger partial charge < -0.3 is 14.5 Å². The Morgan fingerprint density at radius 3 is 2.41 bits per heavy atom. The van der Waals surface area contributed by atoms with Gasteiger partial charge in [0.1, 0.15) is 6.61 Å². The standard InChI is InChI=1S/C35H32N2O5S2/c1-17-7-10-21(11-8-17)37-33(38)28-22-15-23(29(28)34(37)39)30-27(22)26(31-32(43-30)36-35(40)44-31)20-9-12-24(25(14-20)41-3)42-16-19-6-4-5-18(2)13-19/h4-14,22-23,26-30H,15-16H2,1-3H3,(H,36,40)/t22-,23-,26+,27+,28+,29+,30-/m1/s1. The number of ether oxygens (including phenoxy) is 2. The molecule has 3 aromatic carbocycles. The summed E-state index contributed by atoms with van der Waals surface area (Å²) in [4.78, 5) is 46.0. The number of thioether (sulfide) groups is 1. The second-order valence-corrected chi connectivity index (χ2v) is 14.7. The van der Waals surface area contributed by atoms with E-state index in [1.54, 1.807) is 18.9 Å². The molecule has 9 heteroatoms. The van der Waals surface area contributed by atoms with E-state index in [2.05, 4.69) is 30.1 Å². The highest BCUT2D eigenvalue weighted by atomic mass is 32.2. The Bertz CT molecular complexity index is 1860. The first-order valence-electron chi connectivity index (χ1n) is 15.0. The molecule has 8 rings (SSSR count). The Morgan fingerprint density at radius 2 is 1.66 bits per heavy atom. The first-order valence-corrected chi connectivity index (χ1v) is 16.7. The van der Waals surface area contributed by atoms with Crippen molar-refractivity contribution in [3.63, 3.8) is 0 Å². The number of aromatic nitrogens is 1. The minimum atomic E-state index is -0.339. The number of nitrogens with zero attached hydrogens (tertiary/aromatic N) is 1. The molecule has 2 saturated carbocycles. The maximum absolute atomic E-state index is 14.0. The lowest BCUT2D eigenvalue weighted by molar-refractivity contribution is -0.123. The number of aryl methyl sites for hydroxylation is 2. The van der Waals surface area contributed by atoms with Crippen molar-refractivity contribution in [1.82, 2.24) is 4.98 Å². The van der Waals surface area contributed by atoms with Crippen LogP contribution in [0.3, 0.4) is 0 Å². The van der Waals surface area contributed by atoms with Crippen molar-refractivity contribution in [3.05, 3.63) is 104 Å². The highest BCUT2D eigenvalue weighted by Gasteiger charge is 2.69. The summed E-state index contributed by atoms with van der Waals surface area (Å²) < 4.78 is 12.0. The van der Waals surface area contributed by atoms with Crippen LogP contribution in [0.4, 0.5) is 5.69 Å². The maximum atomic E-state index is 14.0. The van der Waals surface area contributed by atoms with Crippen LogP contribution in [0.5, 0.6) is 11.5 Å². The molecule has 1 saturated heterocycles. The van der Waals surface area contributed by atoms with Crippen molar-refractivity contribution >= 4 is 40.6 Å². The van der Waals surface area contributed by atoms with Crippen molar-refractivity contribution in [2.75, 3.05) is 12.0 Å². The number of nitrogens with one attached hydrogen (secondary N) is 1. The van der Waals surface area contributed by atoms with Crippen molar-refractivity contribution in [3.8, 4) is 11.5 Å². The Balaban J connectivity index is 1.15. The van der Waals surface area contributed by atoms with Gasteiger partial charge in [-0.15, -0.1) is 11.8 Å². The number of hydrogen-bond donors (Lipinski definition) is 1. The summed E-state index contributed by atoms with van der Waals surface area (Å²) in [6, 6.07) is 21.9. The SMILES string of the molecule is COc1cc([C@@H]2c3sc(=O)[nH]c3S[C@@H]3[C@@H]4C[C@@H]([C@@H]5C(=O)N(c6ccc(C)cc6)C(=O)[C@@H]45)[C@@H]23)ccc1OCc1cccc(C)c1. The van der Waals surface area contributed by atoms with Gasteiger partial charge in [-0.1, -0.05) is 64.9 Å². The molecule has 1 N–H and O–H groups in total. The fourth-order valence-corrected chi connectivity index (χ4v) is 11.2. The Labute approximate surface area is 263 Å². The van der Waals surface area contributed by atoms with Gasteiger partial charge in [0.2, 0.25) is 11.8 Å². The number of imide groups is 1. The Hall–Kier alpha value is -3.82. The Morgan fingerprint density at radius 1 is 0.886 bits per heavy atom. The van der Waals surface area contributed by atoms with Crippen LogP contribution in [0, 0.1) is 43.4 Å². The van der Waals surface area contributed by atoms with E-state index in [1.165, 1.54) is 21.8 Å². The van der Waals surface area contributed by atoms with Crippen LogP contribution in [0.25, 0.3) is 0 Å². The van der Waals surface area contributed by atoms with Crippen LogP contribution in [-0.2, 0) is 16.2 Å². The van der Waals surface area contributed by atoms with Crippen LogP contribution in [-0.4, -0.2) is 29.2 Å². The quantitative estimate of drug-likeness (QED) is 0.253. The number of benzene rings is 3. The summed E-state index contributed by atoms with van der Waals surface area (Å²) in [5, 5.41) is 1.02. The van der Waals surface area contributed by atoms with Gasteiger partial charge in [0.25, 0.3) is 0 Å². The van der Waals surface area contributed by atoms with E-state index in [0.29, 0.717) is 23.8 Å². The predicted octanol–water partition coefficient (Wildman–Crippen LogP) is 6.32. The van der Waals surface area contributed by atoms with Gasteiger partial charge >= 0.3 is 4.87 Å². The van der Waals surface area contributed by atoms with E-state index in [9.17, 15) is 14.4 Å². The van der Waals surface area contributed by atoms with Crippen molar-refractivity contribution < 1.29 is 19.1 Å². The maximum Gasteiger partial charge on any atom is 0.305 e. The molecule has 7 nitrogen and oxygen atoms in total. The molecule has 1 aromatic heterocycles. The highest BCUT2D eigenvalue weighted by molar-refractivity contribution is 8.00. The van der Waals surface area contributed by atoms with Crippen LogP contribution in [0.1, 0.15) is 39.5 Å². The summed E-state index contributed by atoms with van der Waals surface area (Å²) in [6.07, 6.45) is 0.849. The first-order chi connectivity index (χ1) is 21.3. The molecule has 2 bridgehead atoms. The molecule has 2 aliphatic heterocycles. The number of carbonyl (C=O) groups is 2. The van der Waals surface area contributed by atoms with E-state index < -0.39 is 0 Å². The number of fused-ring (bicyclic) bond motifs is 9. The summed E-state index contributed by atoms with van der Waals surface area (Å²) in [6.45, 7) is 4.48. The smallest absolute Gasteiger partial charge is 0.305 e. The van der Waals surface area contributed by atoms with E-state index in [-0.39, 0.29) is 57.4 Å². The minimum absolute atomic E-state index is 0.0491. The molecular formula is C35H32N2O5S2. The number of rotatable bonds is 6. The van der Waals surface area contributed by atoms with Crippen LogP contribution >= 0.6 is 23.1 Å². The molecule has 3 heterocycles. The number of aromatic amines is 1. The van der Waals surface area contributed by atoms with Gasteiger partial charge in [0.15, 0.2) is 11.5 Å². The molecule has 2 amide bonds. The first kappa shape index (κ1) is 27.7. The van der Waals surface area contributed by atoms with Crippen LogP contribution in [0.15, 0.2) is 76.6 Å². The summed E-state index contributed by atoms with van der Waals surface area (Å²) in [5.41, 5.74) is 5.03. The molecule has 7 atom stereocenters. The number of amides is 2. The van der Waals surface area contributed by atoms with Gasteiger partial charge in [-0.3, -0.25) is 19.3 Å². The lowest BCUT2D eigenvalue weighted by atomic mass is 9.68. The van der Waals surface area contributed by atoms with Gasteiger partial charge in [-0.05, 0) is 73.4 Å². The van der Waals surface area contributed by atoms with Crippen molar-refractivity contribution in [2.45, 2.75) is 43.1 Å². The molecule has 224 valence electrons. The fourth-order valence-electron chi connectivity index (χ4n) is 8.30. The van der Waals surface area contributed by atoms with E-state index in [1.807, 2.05) is 55.5 Å². The summed E-state index contributed by atoms with van der Waals surface area (Å²) >= 11 is 2.95. The third-order valence-electron chi connectivity index (χ3n) is 10.0. The summed E-state index contributed by atoms with van der Waals surface area (Å²) in [7, 11) is 1.64. The van der Waals surface area contributed by atoms with Crippen LogP contribution < -0.4 is 19.2 Å². The Kier molecular flexibility index (Phi) is 6.54. The fraction of sp³-hybridized carbons (Fsp3) is 0.343. The number of anilines is 1. The number of hydrogen-bond acceptors (Lipinski definition) is 7. The lowest BCUT2D eigenvalue weighted by Gasteiger charge is -2.43. The minimum Gasteiger partial charge on any atom is -0.493 e. The van der Waals surface area contributed by atoms with E-state index >= 15 is 0 Å².